The zero-order chi connectivity index (χ0) is 17.5. The molecule has 1 N–H and O–H groups in total. The Kier molecular flexibility index (Phi) is 6.61. The van der Waals surface area contributed by atoms with Gasteiger partial charge in [0, 0.05) is 26.6 Å². The normalized spacial score (nSPS) is 18.0. The number of benzene rings is 1. The molecule has 0 bridgehead atoms. The van der Waals surface area contributed by atoms with Gasteiger partial charge < -0.3 is 19.7 Å². The summed E-state index contributed by atoms with van der Waals surface area (Å²) in [5, 5.41) is 2.89. The van der Waals surface area contributed by atoms with Crippen molar-refractivity contribution in [3.63, 3.8) is 0 Å². The predicted molar refractivity (Wildman–Crippen MR) is 90.7 cm³/mol. The van der Waals surface area contributed by atoms with E-state index in [0.717, 1.165) is 30.8 Å². The van der Waals surface area contributed by atoms with E-state index >= 15 is 0 Å². The van der Waals surface area contributed by atoms with Crippen LogP contribution in [0.5, 0.6) is 5.75 Å². The first kappa shape index (κ1) is 18.3. The summed E-state index contributed by atoms with van der Waals surface area (Å²) >= 11 is 0. The molecule has 1 aromatic rings. The molecular weight excluding hydrogens is 308 g/mol. The van der Waals surface area contributed by atoms with Gasteiger partial charge in [0.05, 0.1) is 13.2 Å². The van der Waals surface area contributed by atoms with E-state index in [2.05, 4.69) is 5.32 Å². The Labute approximate surface area is 143 Å². The molecule has 2 amide bonds. The van der Waals surface area contributed by atoms with Gasteiger partial charge in [-0.15, -0.1) is 0 Å². The molecule has 0 aliphatic carbocycles. The fourth-order valence-electron chi connectivity index (χ4n) is 2.76. The summed E-state index contributed by atoms with van der Waals surface area (Å²) in [6, 6.07) is 6.94. The van der Waals surface area contributed by atoms with Gasteiger partial charge in [0.2, 0.25) is 11.8 Å². The molecule has 1 heterocycles. The SMILES string of the molecule is COc1ccc(CN(C(C)=O)[C@H](C)C(=O)NC[C@H]2CCCO2)cc1. The van der Waals surface area contributed by atoms with Crippen molar-refractivity contribution in [2.75, 3.05) is 20.3 Å². The van der Waals surface area contributed by atoms with Gasteiger partial charge in [0.1, 0.15) is 11.8 Å². The third-order valence-electron chi connectivity index (χ3n) is 4.29. The van der Waals surface area contributed by atoms with Gasteiger partial charge in [0.25, 0.3) is 0 Å². The molecule has 24 heavy (non-hydrogen) atoms. The molecule has 6 heteroatoms. The molecule has 132 valence electrons. The molecule has 0 saturated carbocycles. The van der Waals surface area contributed by atoms with Crippen molar-refractivity contribution in [1.82, 2.24) is 10.2 Å². The van der Waals surface area contributed by atoms with Crippen LogP contribution >= 0.6 is 0 Å². The van der Waals surface area contributed by atoms with Gasteiger partial charge >= 0.3 is 0 Å². The summed E-state index contributed by atoms with van der Waals surface area (Å²) in [5.74, 6) is 0.468. The maximum absolute atomic E-state index is 12.4. The van der Waals surface area contributed by atoms with Gasteiger partial charge in [-0.2, -0.15) is 0 Å². The smallest absolute Gasteiger partial charge is 0.242 e. The molecule has 0 aromatic heterocycles. The van der Waals surface area contributed by atoms with E-state index < -0.39 is 6.04 Å². The molecule has 6 nitrogen and oxygen atoms in total. The Balaban J connectivity index is 1.94. The Hall–Kier alpha value is -2.08. The average molecular weight is 334 g/mol. The van der Waals surface area contributed by atoms with Crippen molar-refractivity contribution in [1.29, 1.82) is 0 Å². The summed E-state index contributed by atoms with van der Waals surface area (Å²) in [7, 11) is 1.61. The van der Waals surface area contributed by atoms with Crippen LogP contribution in [0.15, 0.2) is 24.3 Å². The summed E-state index contributed by atoms with van der Waals surface area (Å²) in [6.07, 6.45) is 2.10. The van der Waals surface area contributed by atoms with Gasteiger partial charge in [-0.05, 0) is 37.5 Å². The molecule has 1 aromatic carbocycles. The second-order valence-electron chi connectivity index (χ2n) is 6.05. The number of carbonyl (C=O) groups excluding carboxylic acids is 2. The minimum absolute atomic E-state index is 0.0912. The fraction of sp³-hybridized carbons (Fsp3) is 0.556. The monoisotopic (exact) mass is 334 g/mol. The van der Waals surface area contributed by atoms with Crippen LogP contribution in [0.3, 0.4) is 0 Å². The Morgan fingerprint density at radius 1 is 1.38 bits per heavy atom. The average Bonchev–Trinajstić information content (AvgIpc) is 3.10. The Morgan fingerprint density at radius 3 is 2.62 bits per heavy atom. The Bertz CT molecular complexity index is 553. The molecule has 0 spiro atoms. The molecule has 1 aliphatic heterocycles. The van der Waals surface area contributed by atoms with E-state index in [0.29, 0.717) is 13.1 Å². The highest BCUT2D eigenvalue weighted by molar-refractivity contribution is 5.86. The minimum atomic E-state index is -0.536. The molecule has 0 radical (unpaired) electrons. The number of carbonyl (C=O) groups is 2. The third-order valence-corrected chi connectivity index (χ3v) is 4.29. The number of ether oxygens (including phenoxy) is 2. The van der Waals surface area contributed by atoms with Crippen LogP contribution in [0.1, 0.15) is 32.3 Å². The standard InChI is InChI=1S/C18H26N2O4/c1-13(18(22)19-11-17-5-4-10-24-17)20(14(2)21)12-15-6-8-16(23-3)9-7-15/h6-9,13,17H,4-5,10-12H2,1-3H3,(H,19,22)/t13-,17-/m1/s1. The zero-order valence-electron chi connectivity index (χ0n) is 14.6. The van der Waals surface area contributed by atoms with Crippen LogP contribution in [0.4, 0.5) is 0 Å². The largest absolute Gasteiger partial charge is 0.497 e. The van der Waals surface area contributed by atoms with Crippen LogP contribution in [-0.4, -0.2) is 49.1 Å². The topological polar surface area (TPSA) is 67.9 Å². The molecule has 0 unspecified atom stereocenters. The summed E-state index contributed by atoms with van der Waals surface area (Å²) in [6.45, 7) is 4.86. The van der Waals surface area contributed by atoms with Crippen LogP contribution in [0.25, 0.3) is 0 Å². The lowest BCUT2D eigenvalue weighted by molar-refractivity contribution is -0.139. The maximum atomic E-state index is 12.4. The molecule has 2 rings (SSSR count). The highest BCUT2D eigenvalue weighted by Crippen LogP contribution is 2.15. The van der Waals surface area contributed by atoms with Crippen LogP contribution in [0, 0.1) is 0 Å². The summed E-state index contributed by atoms with van der Waals surface area (Å²) in [4.78, 5) is 25.9. The molecule has 1 fully saturated rings. The lowest BCUT2D eigenvalue weighted by Crippen LogP contribution is -2.48. The van der Waals surface area contributed by atoms with Crippen LogP contribution in [-0.2, 0) is 20.9 Å². The molecule has 2 atom stereocenters. The first-order valence-electron chi connectivity index (χ1n) is 8.30. The van der Waals surface area contributed by atoms with Crippen LogP contribution in [0.2, 0.25) is 0 Å². The van der Waals surface area contributed by atoms with E-state index in [1.165, 1.54) is 6.92 Å². The number of nitrogens with zero attached hydrogens (tertiary/aromatic N) is 1. The second-order valence-corrected chi connectivity index (χ2v) is 6.05. The van der Waals surface area contributed by atoms with Gasteiger partial charge in [-0.3, -0.25) is 9.59 Å². The number of amides is 2. The highest BCUT2D eigenvalue weighted by Gasteiger charge is 2.25. The molecule has 1 saturated heterocycles. The van der Waals surface area contributed by atoms with E-state index in [4.69, 9.17) is 9.47 Å². The van der Waals surface area contributed by atoms with Gasteiger partial charge in [-0.25, -0.2) is 0 Å². The maximum Gasteiger partial charge on any atom is 0.242 e. The molecular formula is C18H26N2O4. The van der Waals surface area contributed by atoms with Crippen molar-refractivity contribution in [3.05, 3.63) is 29.8 Å². The van der Waals surface area contributed by atoms with E-state index in [-0.39, 0.29) is 17.9 Å². The van der Waals surface area contributed by atoms with E-state index in [1.54, 1.807) is 18.9 Å². The number of rotatable bonds is 7. The first-order chi connectivity index (χ1) is 11.5. The predicted octanol–water partition coefficient (Wildman–Crippen LogP) is 1.73. The van der Waals surface area contributed by atoms with Crippen LogP contribution < -0.4 is 10.1 Å². The zero-order valence-corrected chi connectivity index (χ0v) is 14.6. The minimum Gasteiger partial charge on any atom is -0.497 e. The quantitative estimate of drug-likeness (QED) is 0.824. The fourth-order valence-corrected chi connectivity index (χ4v) is 2.76. The lowest BCUT2D eigenvalue weighted by Gasteiger charge is -2.28. The number of methoxy groups -OCH3 is 1. The van der Waals surface area contributed by atoms with Crippen molar-refractivity contribution < 1.29 is 19.1 Å². The summed E-state index contributed by atoms with van der Waals surface area (Å²) < 4.78 is 10.6. The van der Waals surface area contributed by atoms with Gasteiger partial charge in [-0.1, -0.05) is 12.1 Å². The first-order valence-corrected chi connectivity index (χ1v) is 8.30. The van der Waals surface area contributed by atoms with Crippen molar-refractivity contribution in [3.8, 4) is 5.75 Å². The Morgan fingerprint density at radius 2 is 2.08 bits per heavy atom. The van der Waals surface area contributed by atoms with Crippen molar-refractivity contribution in [2.45, 2.75) is 45.4 Å². The number of hydrogen-bond donors (Lipinski definition) is 1. The second kappa shape index (κ2) is 8.68. The van der Waals surface area contributed by atoms with E-state index in [9.17, 15) is 9.59 Å². The van der Waals surface area contributed by atoms with Crippen molar-refractivity contribution >= 4 is 11.8 Å². The lowest BCUT2D eigenvalue weighted by atomic mass is 10.1. The van der Waals surface area contributed by atoms with Gasteiger partial charge in [0.15, 0.2) is 0 Å². The molecule has 1 aliphatic rings. The number of nitrogens with one attached hydrogen (secondary N) is 1. The highest BCUT2D eigenvalue weighted by atomic mass is 16.5. The van der Waals surface area contributed by atoms with Crippen molar-refractivity contribution in [2.24, 2.45) is 0 Å². The number of hydrogen-bond acceptors (Lipinski definition) is 4. The van der Waals surface area contributed by atoms with E-state index in [1.807, 2.05) is 24.3 Å². The summed E-state index contributed by atoms with van der Waals surface area (Å²) in [5.41, 5.74) is 0.949. The third kappa shape index (κ3) is 4.96.